The minimum absolute atomic E-state index is 0.00374. The standard InChI is InChI=1S/C17H19NO4S/c1-10(2)21-16(20)13-12-5-6-17(22-12)9-18(15(19)14(13)17)8-11-4-3-7-23-11/h3-7,10,12-14H,8-9H2,1-2H3/t12-,13-,14+,17+/m1/s1. The summed E-state index contributed by atoms with van der Waals surface area (Å²) in [4.78, 5) is 28.3. The highest BCUT2D eigenvalue weighted by molar-refractivity contribution is 7.09. The molecular weight excluding hydrogens is 314 g/mol. The molecule has 1 spiro atoms. The second-order valence-electron chi connectivity index (χ2n) is 6.66. The Morgan fingerprint density at radius 2 is 2.39 bits per heavy atom. The summed E-state index contributed by atoms with van der Waals surface area (Å²) < 4.78 is 11.4. The number of thiophene rings is 1. The van der Waals surface area contributed by atoms with E-state index in [1.165, 1.54) is 0 Å². The number of likely N-dealkylation sites (tertiary alicyclic amines) is 1. The summed E-state index contributed by atoms with van der Waals surface area (Å²) in [5.41, 5.74) is -0.653. The van der Waals surface area contributed by atoms with Crippen molar-refractivity contribution >= 4 is 23.2 Å². The van der Waals surface area contributed by atoms with Gasteiger partial charge in [-0.15, -0.1) is 11.3 Å². The van der Waals surface area contributed by atoms with E-state index in [9.17, 15) is 9.59 Å². The molecule has 122 valence electrons. The van der Waals surface area contributed by atoms with Crippen LogP contribution in [0.4, 0.5) is 0 Å². The average molecular weight is 333 g/mol. The van der Waals surface area contributed by atoms with Gasteiger partial charge in [-0.3, -0.25) is 9.59 Å². The summed E-state index contributed by atoms with van der Waals surface area (Å²) in [7, 11) is 0. The molecule has 5 nitrogen and oxygen atoms in total. The lowest BCUT2D eigenvalue weighted by Crippen LogP contribution is -2.40. The molecule has 1 amide bonds. The van der Waals surface area contributed by atoms with Gasteiger partial charge in [0.2, 0.25) is 5.91 Å². The Morgan fingerprint density at radius 1 is 1.57 bits per heavy atom. The molecule has 1 aromatic rings. The number of carbonyl (C=O) groups excluding carboxylic acids is 2. The van der Waals surface area contributed by atoms with Crippen molar-refractivity contribution in [3.05, 3.63) is 34.5 Å². The lowest BCUT2D eigenvalue weighted by molar-refractivity contribution is -0.157. The Labute approximate surface area is 138 Å². The molecule has 0 N–H and O–H groups in total. The molecule has 2 saturated heterocycles. The lowest BCUT2D eigenvalue weighted by atomic mass is 9.77. The number of ether oxygens (including phenoxy) is 2. The average Bonchev–Trinajstić information content (AvgIpc) is 3.21. The third-order valence-electron chi connectivity index (χ3n) is 4.73. The number of amides is 1. The summed E-state index contributed by atoms with van der Waals surface area (Å²) in [6.07, 6.45) is 3.35. The Bertz CT molecular complexity index is 668. The molecule has 0 saturated carbocycles. The molecule has 3 aliphatic heterocycles. The van der Waals surface area contributed by atoms with Crippen molar-refractivity contribution < 1.29 is 19.1 Å². The summed E-state index contributed by atoms with van der Waals surface area (Å²) in [6, 6.07) is 3.99. The largest absolute Gasteiger partial charge is 0.463 e. The van der Waals surface area contributed by atoms with Gasteiger partial charge in [0.15, 0.2) is 0 Å². The van der Waals surface area contributed by atoms with E-state index in [0.29, 0.717) is 13.1 Å². The van der Waals surface area contributed by atoms with Crippen molar-refractivity contribution in [2.75, 3.05) is 6.54 Å². The first-order chi connectivity index (χ1) is 11.0. The summed E-state index contributed by atoms with van der Waals surface area (Å²) in [5.74, 6) is -1.31. The van der Waals surface area contributed by atoms with Crippen molar-refractivity contribution in [1.82, 2.24) is 4.90 Å². The first-order valence-corrected chi connectivity index (χ1v) is 8.77. The topological polar surface area (TPSA) is 55.8 Å². The molecule has 0 aromatic carbocycles. The Morgan fingerprint density at radius 3 is 3.09 bits per heavy atom. The van der Waals surface area contributed by atoms with Gasteiger partial charge in [-0.2, -0.15) is 0 Å². The number of fused-ring (bicyclic) bond motifs is 1. The van der Waals surface area contributed by atoms with Crippen molar-refractivity contribution in [2.24, 2.45) is 11.8 Å². The Kier molecular flexibility index (Phi) is 3.35. The molecule has 2 bridgehead atoms. The van der Waals surface area contributed by atoms with Crippen molar-refractivity contribution in [3.8, 4) is 0 Å². The second kappa shape index (κ2) is 5.18. The number of nitrogens with zero attached hydrogens (tertiary/aromatic N) is 1. The smallest absolute Gasteiger partial charge is 0.313 e. The molecule has 6 heteroatoms. The van der Waals surface area contributed by atoms with E-state index in [4.69, 9.17) is 9.47 Å². The van der Waals surface area contributed by atoms with E-state index in [1.54, 1.807) is 16.2 Å². The van der Waals surface area contributed by atoms with Gasteiger partial charge in [0.1, 0.15) is 11.5 Å². The minimum Gasteiger partial charge on any atom is -0.463 e. The second-order valence-corrected chi connectivity index (χ2v) is 7.69. The zero-order valence-electron chi connectivity index (χ0n) is 13.1. The van der Waals surface area contributed by atoms with Crippen LogP contribution < -0.4 is 0 Å². The normalized spacial score (nSPS) is 34.5. The van der Waals surface area contributed by atoms with Crippen LogP contribution in [0, 0.1) is 11.8 Å². The van der Waals surface area contributed by atoms with Crippen LogP contribution in [0.1, 0.15) is 18.7 Å². The van der Waals surface area contributed by atoms with E-state index >= 15 is 0 Å². The van der Waals surface area contributed by atoms with Crippen LogP contribution in [0.2, 0.25) is 0 Å². The van der Waals surface area contributed by atoms with Crippen LogP contribution in [0.5, 0.6) is 0 Å². The zero-order chi connectivity index (χ0) is 16.2. The van der Waals surface area contributed by atoms with Crippen LogP contribution in [-0.4, -0.2) is 41.1 Å². The van der Waals surface area contributed by atoms with Crippen molar-refractivity contribution in [2.45, 2.75) is 38.2 Å². The van der Waals surface area contributed by atoms with Gasteiger partial charge in [-0.05, 0) is 25.3 Å². The molecule has 3 aliphatic rings. The first-order valence-electron chi connectivity index (χ1n) is 7.89. The fourth-order valence-corrected chi connectivity index (χ4v) is 4.60. The van der Waals surface area contributed by atoms with Gasteiger partial charge < -0.3 is 14.4 Å². The maximum atomic E-state index is 12.9. The number of carbonyl (C=O) groups is 2. The van der Waals surface area contributed by atoms with Crippen LogP contribution in [0.15, 0.2) is 29.7 Å². The van der Waals surface area contributed by atoms with Crippen LogP contribution in [0.25, 0.3) is 0 Å². The van der Waals surface area contributed by atoms with Crippen molar-refractivity contribution in [3.63, 3.8) is 0 Å². The van der Waals surface area contributed by atoms with Crippen LogP contribution in [-0.2, 0) is 25.6 Å². The van der Waals surface area contributed by atoms with E-state index in [0.717, 1.165) is 4.88 Å². The van der Waals surface area contributed by atoms with Gasteiger partial charge in [0.25, 0.3) is 0 Å². The highest BCUT2D eigenvalue weighted by atomic mass is 32.1. The fourth-order valence-electron chi connectivity index (χ4n) is 3.88. The molecule has 4 atom stereocenters. The van der Waals surface area contributed by atoms with E-state index in [1.807, 2.05) is 43.5 Å². The molecular formula is C17H19NO4S. The molecule has 4 rings (SSSR count). The monoisotopic (exact) mass is 333 g/mol. The summed E-state index contributed by atoms with van der Waals surface area (Å²) in [6.45, 7) is 4.71. The predicted octanol–water partition coefficient (Wildman–Crippen LogP) is 1.98. The summed E-state index contributed by atoms with van der Waals surface area (Å²) in [5, 5.41) is 2.00. The number of hydrogen-bond donors (Lipinski definition) is 0. The third kappa shape index (κ3) is 2.23. The van der Waals surface area contributed by atoms with Gasteiger partial charge in [0, 0.05) is 4.88 Å². The fraction of sp³-hybridized carbons (Fsp3) is 0.529. The zero-order valence-corrected chi connectivity index (χ0v) is 13.9. The maximum Gasteiger partial charge on any atom is 0.313 e. The molecule has 0 aliphatic carbocycles. The van der Waals surface area contributed by atoms with Gasteiger partial charge in [-0.1, -0.05) is 18.2 Å². The number of hydrogen-bond acceptors (Lipinski definition) is 5. The molecule has 0 unspecified atom stereocenters. The van der Waals surface area contributed by atoms with Crippen LogP contribution in [0.3, 0.4) is 0 Å². The predicted molar refractivity (Wildman–Crippen MR) is 84.7 cm³/mol. The van der Waals surface area contributed by atoms with Gasteiger partial charge >= 0.3 is 5.97 Å². The number of esters is 1. The maximum absolute atomic E-state index is 12.9. The molecule has 4 heterocycles. The minimum atomic E-state index is -0.653. The summed E-state index contributed by atoms with van der Waals surface area (Å²) >= 11 is 1.63. The van der Waals surface area contributed by atoms with Gasteiger partial charge in [-0.25, -0.2) is 0 Å². The SMILES string of the molecule is CC(C)OC(=O)[C@H]1[C@H]2C(=O)N(Cc3cccs3)C[C@@]23C=C[C@H]1O3. The van der Waals surface area contributed by atoms with Gasteiger partial charge in [0.05, 0.1) is 31.2 Å². The van der Waals surface area contributed by atoms with Crippen molar-refractivity contribution in [1.29, 1.82) is 0 Å². The molecule has 2 fully saturated rings. The third-order valence-corrected chi connectivity index (χ3v) is 5.59. The first kappa shape index (κ1) is 14.9. The molecule has 23 heavy (non-hydrogen) atoms. The quantitative estimate of drug-likeness (QED) is 0.624. The van der Waals surface area contributed by atoms with E-state index in [-0.39, 0.29) is 24.1 Å². The van der Waals surface area contributed by atoms with E-state index < -0.39 is 17.4 Å². The molecule has 1 aromatic heterocycles. The Balaban J connectivity index is 1.59. The van der Waals surface area contributed by atoms with Crippen LogP contribution >= 0.6 is 11.3 Å². The highest BCUT2D eigenvalue weighted by Gasteiger charge is 2.67. The van der Waals surface area contributed by atoms with E-state index in [2.05, 4.69) is 0 Å². The lowest BCUT2D eigenvalue weighted by Gasteiger charge is -2.23. The number of rotatable bonds is 4. The highest BCUT2D eigenvalue weighted by Crippen LogP contribution is 2.52. The molecule has 0 radical (unpaired) electrons. The Hall–Kier alpha value is -1.66.